The van der Waals surface area contributed by atoms with E-state index in [1.807, 2.05) is 35.2 Å². The van der Waals surface area contributed by atoms with Crippen molar-refractivity contribution in [1.29, 1.82) is 0 Å². The Morgan fingerprint density at radius 1 is 1.42 bits per heavy atom. The van der Waals surface area contributed by atoms with Gasteiger partial charge in [-0.15, -0.1) is 0 Å². The van der Waals surface area contributed by atoms with Gasteiger partial charge in [-0.3, -0.25) is 4.79 Å². The number of hydrogen-bond donors (Lipinski definition) is 0. The van der Waals surface area contributed by atoms with Crippen molar-refractivity contribution < 1.29 is 9.53 Å². The Balaban J connectivity index is 1.78. The lowest BCUT2D eigenvalue weighted by Gasteiger charge is -2.25. The third kappa shape index (κ3) is 3.72. The number of rotatable bonds is 5. The van der Waals surface area contributed by atoms with E-state index in [9.17, 15) is 4.79 Å². The summed E-state index contributed by atoms with van der Waals surface area (Å²) in [5.74, 6) is 1.60. The summed E-state index contributed by atoms with van der Waals surface area (Å²) in [6.07, 6.45) is 1.55. The van der Waals surface area contributed by atoms with Crippen molar-refractivity contribution >= 4 is 21.8 Å². The highest BCUT2D eigenvalue weighted by molar-refractivity contribution is 9.09. The van der Waals surface area contributed by atoms with E-state index in [-0.39, 0.29) is 5.91 Å². The van der Waals surface area contributed by atoms with Crippen LogP contribution in [-0.4, -0.2) is 35.3 Å². The van der Waals surface area contributed by atoms with Gasteiger partial charge in [-0.1, -0.05) is 41.1 Å². The summed E-state index contributed by atoms with van der Waals surface area (Å²) in [6.45, 7) is 3.53. The molecular formula is C15H20BrNO2. The van der Waals surface area contributed by atoms with Crippen molar-refractivity contribution in [3.8, 4) is 5.75 Å². The van der Waals surface area contributed by atoms with Crippen molar-refractivity contribution in [2.24, 2.45) is 5.92 Å². The van der Waals surface area contributed by atoms with E-state index in [0.29, 0.717) is 25.0 Å². The number of nitrogens with zero attached hydrogens (tertiary/aromatic N) is 1. The van der Waals surface area contributed by atoms with Gasteiger partial charge < -0.3 is 9.64 Å². The third-order valence-corrected chi connectivity index (χ3v) is 4.35. The molecule has 0 aliphatic carbocycles. The summed E-state index contributed by atoms with van der Waals surface area (Å²) in [4.78, 5) is 14.2. The van der Waals surface area contributed by atoms with Gasteiger partial charge in [0.1, 0.15) is 5.75 Å². The summed E-state index contributed by atoms with van der Waals surface area (Å²) in [5.41, 5.74) is 0. The number of ether oxygens (including phenoxy) is 1. The summed E-state index contributed by atoms with van der Waals surface area (Å²) in [5, 5.41) is 0.861. The molecule has 104 valence electrons. The van der Waals surface area contributed by atoms with Crippen LogP contribution in [0.4, 0.5) is 0 Å². The fourth-order valence-electron chi connectivity index (χ4n) is 2.47. The topological polar surface area (TPSA) is 29.5 Å². The highest BCUT2D eigenvalue weighted by Crippen LogP contribution is 2.25. The van der Waals surface area contributed by atoms with Crippen LogP contribution in [-0.2, 0) is 4.79 Å². The number of hydrogen-bond acceptors (Lipinski definition) is 2. The van der Waals surface area contributed by atoms with E-state index in [4.69, 9.17) is 4.74 Å². The molecule has 0 radical (unpaired) electrons. The predicted molar refractivity (Wildman–Crippen MR) is 79.6 cm³/mol. The van der Waals surface area contributed by atoms with Crippen molar-refractivity contribution in [3.05, 3.63) is 30.3 Å². The van der Waals surface area contributed by atoms with Crippen molar-refractivity contribution in [3.63, 3.8) is 0 Å². The molecule has 1 aromatic carbocycles. The molecule has 1 amide bonds. The molecule has 1 saturated heterocycles. The van der Waals surface area contributed by atoms with Crippen LogP contribution in [0.15, 0.2) is 30.3 Å². The van der Waals surface area contributed by atoms with Crippen molar-refractivity contribution in [2.45, 2.75) is 25.8 Å². The summed E-state index contributed by atoms with van der Waals surface area (Å²) in [6, 6.07) is 9.96. The number of likely N-dealkylation sites (tertiary alicyclic amines) is 1. The fraction of sp³-hybridized carbons (Fsp3) is 0.533. The molecule has 19 heavy (non-hydrogen) atoms. The minimum atomic E-state index is 0.199. The Bertz CT molecular complexity index is 410. The number of halogens is 1. The summed E-state index contributed by atoms with van der Waals surface area (Å²) < 4.78 is 5.57. The lowest BCUT2D eigenvalue weighted by molar-refractivity contribution is -0.132. The molecule has 1 fully saturated rings. The van der Waals surface area contributed by atoms with Gasteiger partial charge in [-0.25, -0.2) is 0 Å². The standard InChI is InChI=1S/C15H20BrNO2/c1-12-7-9-17(14(12)11-16)15(18)8-10-19-13-5-3-2-4-6-13/h2-6,12,14H,7-11H2,1H3. The maximum atomic E-state index is 12.2. The number of carbonyl (C=O) groups is 1. The SMILES string of the molecule is CC1CCN(C(=O)CCOc2ccccc2)C1CBr. The molecule has 0 saturated carbocycles. The number of benzene rings is 1. The predicted octanol–water partition coefficient (Wildman–Crippen LogP) is 3.09. The molecule has 1 heterocycles. The Hall–Kier alpha value is -1.03. The quantitative estimate of drug-likeness (QED) is 0.778. The highest BCUT2D eigenvalue weighted by Gasteiger charge is 2.33. The molecule has 2 rings (SSSR count). The van der Waals surface area contributed by atoms with Crippen LogP contribution in [0.2, 0.25) is 0 Å². The second kappa shape index (κ2) is 6.94. The van der Waals surface area contributed by atoms with Crippen LogP contribution in [0.5, 0.6) is 5.75 Å². The molecule has 2 atom stereocenters. The molecular weight excluding hydrogens is 306 g/mol. The number of para-hydroxylation sites is 1. The molecule has 3 nitrogen and oxygen atoms in total. The van der Waals surface area contributed by atoms with Crippen molar-refractivity contribution in [2.75, 3.05) is 18.5 Å². The van der Waals surface area contributed by atoms with E-state index >= 15 is 0 Å². The smallest absolute Gasteiger partial charge is 0.226 e. The van der Waals surface area contributed by atoms with E-state index in [2.05, 4.69) is 22.9 Å². The van der Waals surface area contributed by atoms with E-state index in [1.165, 1.54) is 0 Å². The molecule has 0 aromatic heterocycles. The Labute approximate surface area is 123 Å². The molecule has 1 aliphatic rings. The molecule has 4 heteroatoms. The van der Waals surface area contributed by atoms with Gasteiger partial charge in [0.05, 0.1) is 13.0 Å². The number of amides is 1. The molecule has 2 unspecified atom stereocenters. The van der Waals surface area contributed by atoms with Gasteiger partial charge in [0.2, 0.25) is 5.91 Å². The zero-order chi connectivity index (χ0) is 13.7. The zero-order valence-electron chi connectivity index (χ0n) is 11.2. The van der Waals surface area contributed by atoms with E-state index < -0.39 is 0 Å². The van der Waals surface area contributed by atoms with Crippen LogP contribution >= 0.6 is 15.9 Å². The van der Waals surface area contributed by atoms with Crippen LogP contribution in [0.1, 0.15) is 19.8 Å². The monoisotopic (exact) mass is 325 g/mol. The zero-order valence-corrected chi connectivity index (χ0v) is 12.8. The number of carbonyl (C=O) groups excluding carboxylic acids is 1. The minimum absolute atomic E-state index is 0.199. The lowest BCUT2D eigenvalue weighted by atomic mass is 10.1. The Morgan fingerprint density at radius 2 is 2.16 bits per heavy atom. The van der Waals surface area contributed by atoms with Crippen LogP contribution in [0, 0.1) is 5.92 Å². The van der Waals surface area contributed by atoms with Gasteiger partial charge in [0.25, 0.3) is 0 Å². The first-order valence-electron chi connectivity index (χ1n) is 6.75. The van der Waals surface area contributed by atoms with Crippen molar-refractivity contribution in [1.82, 2.24) is 4.90 Å². The largest absolute Gasteiger partial charge is 0.493 e. The first kappa shape index (κ1) is 14.4. The Morgan fingerprint density at radius 3 is 2.84 bits per heavy atom. The maximum Gasteiger partial charge on any atom is 0.226 e. The van der Waals surface area contributed by atoms with Gasteiger partial charge in [0, 0.05) is 17.9 Å². The summed E-state index contributed by atoms with van der Waals surface area (Å²) in [7, 11) is 0. The van der Waals surface area contributed by atoms with E-state index in [0.717, 1.165) is 24.0 Å². The van der Waals surface area contributed by atoms with Crippen LogP contribution in [0.3, 0.4) is 0 Å². The molecule has 1 aliphatic heterocycles. The lowest BCUT2D eigenvalue weighted by Crippen LogP contribution is -2.39. The second-order valence-electron chi connectivity index (χ2n) is 4.99. The molecule has 0 spiro atoms. The average molecular weight is 326 g/mol. The maximum absolute atomic E-state index is 12.2. The number of alkyl halides is 1. The molecule has 0 N–H and O–H groups in total. The van der Waals surface area contributed by atoms with Gasteiger partial charge in [-0.05, 0) is 24.5 Å². The van der Waals surface area contributed by atoms with Crippen LogP contribution in [0.25, 0.3) is 0 Å². The van der Waals surface area contributed by atoms with Gasteiger partial charge in [0.15, 0.2) is 0 Å². The first-order valence-corrected chi connectivity index (χ1v) is 7.88. The van der Waals surface area contributed by atoms with Gasteiger partial charge in [-0.2, -0.15) is 0 Å². The van der Waals surface area contributed by atoms with Crippen LogP contribution < -0.4 is 4.74 Å². The Kier molecular flexibility index (Phi) is 5.25. The molecule has 1 aromatic rings. The molecule has 0 bridgehead atoms. The third-order valence-electron chi connectivity index (χ3n) is 3.69. The van der Waals surface area contributed by atoms with E-state index in [1.54, 1.807) is 0 Å². The summed E-state index contributed by atoms with van der Waals surface area (Å²) >= 11 is 3.51. The van der Waals surface area contributed by atoms with Gasteiger partial charge >= 0.3 is 0 Å². The second-order valence-corrected chi connectivity index (χ2v) is 5.63. The first-order chi connectivity index (χ1) is 9.22. The fourth-order valence-corrected chi connectivity index (χ4v) is 3.46. The minimum Gasteiger partial charge on any atom is -0.493 e. The highest BCUT2D eigenvalue weighted by atomic mass is 79.9. The normalized spacial score (nSPS) is 22.5. The average Bonchev–Trinajstić information content (AvgIpc) is 2.81.